The van der Waals surface area contributed by atoms with Gasteiger partial charge in [-0.05, 0) is 68.1 Å². The molecule has 0 aliphatic carbocycles. The van der Waals surface area contributed by atoms with Gasteiger partial charge in [0.25, 0.3) is 0 Å². The standard InChI is InChI=1S/C23H25N7.C22H22FN7.2ClH/c1-29-15-21(12-27-29)18-3-2-4-19(9-18)23-25-10-20(11-26-23)22-13-28-30(16-22)14-17-5-7-24-8-6-17;1-29-13-18(10-27-29)15-3-2-4-16(7-15)22-25-8-17(9-26-22)19-11-28-30(14-19)21-5-6-24-12-20(21)23;;/h2-4,9-13,15-17,24H,5-8,14H2,1H3;2-4,7-11,13-14,20-21,24H,5-6,12H2,1H3;2*1H/t;20-,21-;;/m.1../s1. The summed E-state index contributed by atoms with van der Waals surface area (Å²) in [6.07, 6.45) is 24.9. The van der Waals surface area contributed by atoms with E-state index in [0.717, 1.165) is 88.2 Å². The fourth-order valence-electron chi connectivity index (χ4n) is 7.78. The van der Waals surface area contributed by atoms with E-state index in [2.05, 4.69) is 80.0 Å². The minimum Gasteiger partial charge on any atom is -0.317 e. The van der Waals surface area contributed by atoms with Crippen molar-refractivity contribution in [1.29, 1.82) is 0 Å². The van der Waals surface area contributed by atoms with Gasteiger partial charge in [0, 0.05) is 121 Å². The predicted octanol–water partition coefficient (Wildman–Crippen LogP) is 7.53. The molecule has 2 aliphatic heterocycles. The average Bonchev–Trinajstić information content (AvgIpc) is 4.14. The number of rotatable bonds is 9. The van der Waals surface area contributed by atoms with Gasteiger partial charge in [-0.2, -0.15) is 20.4 Å². The van der Waals surface area contributed by atoms with E-state index in [9.17, 15) is 4.39 Å². The maximum Gasteiger partial charge on any atom is 0.159 e. The van der Waals surface area contributed by atoms with Gasteiger partial charge in [-0.1, -0.05) is 36.4 Å². The molecule has 62 heavy (non-hydrogen) atoms. The van der Waals surface area contributed by atoms with E-state index >= 15 is 0 Å². The lowest BCUT2D eigenvalue weighted by molar-refractivity contribution is 0.173. The van der Waals surface area contributed by atoms with Gasteiger partial charge in [0.15, 0.2) is 11.6 Å². The molecule has 0 saturated carbocycles. The van der Waals surface area contributed by atoms with Gasteiger partial charge in [0.05, 0.1) is 30.8 Å². The molecule has 0 amide bonds. The van der Waals surface area contributed by atoms with E-state index in [-0.39, 0.29) is 30.9 Å². The summed E-state index contributed by atoms with van der Waals surface area (Å²) in [6, 6.07) is 16.1. The fourth-order valence-corrected chi connectivity index (χ4v) is 7.78. The van der Waals surface area contributed by atoms with Crippen LogP contribution in [0.25, 0.3) is 67.3 Å². The quantitative estimate of drug-likeness (QED) is 0.149. The van der Waals surface area contributed by atoms with Crippen molar-refractivity contribution in [3.8, 4) is 67.3 Å². The Kier molecular flexibility index (Phi) is 14.3. The normalized spacial score (nSPS) is 16.4. The SMILES string of the molecule is Cl.Cl.Cn1cc(-c2cccc(-c3ncc(-c4cnn(CC5CCNCC5)c4)cn3)c2)cn1.Cn1cc(-c2cccc(-c3ncc(-c4cnn([C@@H]5CCNC[C@H]5F)c4)cn3)c2)cn1. The molecule has 0 radical (unpaired) electrons. The summed E-state index contributed by atoms with van der Waals surface area (Å²) in [4.78, 5) is 18.3. The second kappa shape index (κ2) is 20.2. The molecule has 2 saturated heterocycles. The van der Waals surface area contributed by atoms with Gasteiger partial charge < -0.3 is 10.6 Å². The van der Waals surface area contributed by atoms with E-state index < -0.39 is 6.17 Å². The summed E-state index contributed by atoms with van der Waals surface area (Å²) in [6.45, 7) is 4.36. The maximum absolute atomic E-state index is 14.2. The second-order valence-electron chi connectivity index (χ2n) is 15.5. The van der Waals surface area contributed by atoms with Crippen LogP contribution < -0.4 is 10.6 Å². The fraction of sp³-hybridized carbons (Fsp3) is 0.289. The van der Waals surface area contributed by atoms with Crippen molar-refractivity contribution in [2.24, 2.45) is 20.0 Å². The molecule has 2 fully saturated rings. The van der Waals surface area contributed by atoms with Gasteiger partial charge in [-0.15, -0.1) is 24.8 Å². The third kappa shape index (κ3) is 10.3. The van der Waals surface area contributed by atoms with Crippen molar-refractivity contribution in [1.82, 2.24) is 69.7 Å². The highest BCUT2D eigenvalue weighted by molar-refractivity contribution is 5.85. The number of nitrogens with zero attached hydrogens (tertiary/aromatic N) is 12. The molecule has 8 heterocycles. The number of piperidine rings is 2. The van der Waals surface area contributed by atoms with E-state index in [0.29, 0.717) is 24.1 Å². The number of hydrogen-bond donors (Lipinski definition) is 2. The third-order valence-electron chi connectivity index (χ3n) is 11.1. The zero-order valence-electron chi connectivity index (χ0n) is 34.5. The van der Waals surface area contributed by atoms with Crippen LogP contribution in [0.2, 0.25) is 0 Å². The molecule has 8 aromatic rings. The highest BCUT2D eigenvalue weighted by atomic mass is 35.5. The first kappa shape index (κ1) is 43.9. The minimum absolute atomic E-state index is 0. The first-order valence-corrected chi connectivity index (χ1v) is 20.4. The lowest BCUT2D eigenvalue weighted by atomic mass is 9.98. The zero-order valence-corrected chi connectivity index (χ0v) is 36.1. The van der Waals surface area contributed by atoms with Crippen LogP contribution in [-0.4, -0.2) is 91.4 Å². The van der Waals surface area contributed by atoms with Crippen LogP contribution in [0.1, 0.15) is 25.3 Å². The van der Waals surface area contributed by atoms with Crippen molar-refractivity contribution < 1.29 is 4.39 Å². The number of aromatic nitrogens is 12. The number of nitrogens with one attached hydrogen (secondary N) is 2. The number of aryl methyl sites for hydroxylation is 2. The molecule has 14 nitrogen and oxygen atoms in total. The summed E-state index contributed by atoms with van der Waals surface area (Å²) in [5.74, 6) is 2.07. The smallest absolute Gasteiger partial charge is 0.159 e. The van der Waals surface area contributed by atoms with Crippen LogP contribution in [0.4, 0.5) is 4.39 Å². The van der Waals surface area contributed by atoms with Crippen LogP contribution >= 0.6 is 24.8 Å². The highest BCUT2D eigenvalue weighted by Gasteiger charge is 2.27. The molecule has 10 rings (SSSR count). The Morgan fingerprint density at radius 3 is 1.55 bits per heavy atom. The molecule has 0 bridgehead atoms. The monoisotopic (exact) mass is 874 g/mol. The number of hydrogen-bond acceptors (Lipinski definition) is 10. The third-order valence-corrected chi connectivity index (χ3v) is 11.1. The summed E-state index contributed by atoms with van der Waals surface area (Å²) in [5.41, 5.74) is 10.0. The van der Waals surface area contributed by atoms with Gasteiger partial charge >= 0.3 is 0 Å². The Bertz CT molecular complexity index is 2640. The molecule has 2 aliphatic rings. The molecular formula is C45H49Cl2FN14. The molecule has 2 N–H and O–H groups in total. The van der Waals surface area contributed by atoms with E-state index in [4.69, 9.17) is 0 Å². The van der Waals surface area contributed by atoms with Crippen molar-refractivity contribution in [3.05, 3.63) is 123 Å². The molecule has 6 aromatic heterocycles. The molecule has 2 atom stereocenters. The summed E-state index contributed by atoms with van der Waals surface area (Å²) < 4.78 is 21.6. The lowest BCUT2D eigenvalue weighted by Gasteiger charge is -2.26. The first-order valence-electron chi connectivity index (χ1n) is 20.4. The Morgan fingerprint density at radius 2 is 1.02 bits per heavy atom. The molecule has 0 unspecified atom stereocenters. The predicted molar refractivity (Wildman–Crippen MR) is 243 cm³/mol. The largest absolute Gasteiger partial charge is 0.317 e. The molecule has 17 heteroatoms. The number of alkyl halides is 1. The Labute approximate surface area is 371 Å². The Hall–Kier alpha value is -6.13. The van der Waals surface area contributed by atoms with Crippen LogP contribution in [0.15, 0.2) is 123 Å². The lowest BCUT2D eigenvalue weighted by Crippen LogP contribution is -2.39. The number of halogens is 3. The first-order chi connectivity index (χ1) is 29.4. The molecule has 320 valence electrons. The highest BCUT2D eigenvalue weighted by Crippen LogP contribution is 2.29. The second-order valence-corrected chi connectivity index (χ2v) is 15.5. The Morgan fingerprint density at radius 1 is 0.532 bits per heavy atom. The van der Waals surface area contributed by atoms with Crippen LogP contribution in [0.5, 0.6) is 0 Å². The molecular weight excluding hydrogens is 826 g/mol. The van der Waals surface area contributed by atoms with Gasteiger partial charge in [-0.25, -0.2) is 24.3 Å². The molecule has 0 spiro atoms. The summed E-state index contributed by atoms with van der Waals surface area (Å²) in [5, 5.41) is 23.9. The van der Waals surface area contributed by atoms with Crippen LogP contribution in [0, 0.1) is 5.92 Å². The van der Waals surface area contributed by atoms with Crippen molar-refractivity contribution in [2.75, 3.05) is 26.2 Å². The van der Waals surface area contributed by atoms with Crippen molar-refractivity contribution in [2.45, 2.75) is 38.0 Å². The van der Waals surface area contributed by atoms with E-state index in [1.54, 1.807) is 32.6 Å². The Balaban J connectivity index is 0.000000181. The topological polar surface area (TPSA) is 147 Å². The summed E-state index contributed by atoms with van der Waals surface area (Å²) >= 11 is 0. The average molecular weight is 876 g/mol. The summed E-state index contributed by atoms with van der Waals surface area (Å²) in [7, 11) is 3.82. The van der Waals surface area contributed by atoms with Crippen molar-refractivity contribution >= 4 is 24.8 Å². The minimum atomic E-state index is -0.933. The maximum atomic E-state index is 14.2. The van der Waals surface area contributed by atoms with Crippen LogP contribution in [-0.2, 0) is 20.6 Å². The number of benzene rings is 2. The van der Waals surface area contributed by atoms with Crippen LogP contribution in [0.3, 0.4) is 0 Å². The molecule has 2 aromatic carbocycles. The van der Waals surface area contributed by atoms with Gasteiger partial charge in [0.1, 0.15) is 6.17 Å². The van der Waals surface area contributed by atoms with Crippen molar-refractivity contribution in [3.63, 3.8) is 0 Å². The van der Waals surface area contributed by atoms with E-state index in [1.807, 2.05) is 94.0 Å². The van der Waals surface area contributed by atoms with Gasteiger partial charge in [-0.3, -0.25) is 18.7 Å². The van der Waals surface area contributed by atoms with E-state index in [1.165, 1.54) is 12.8 Å². The van der Waals surface area contributed by atoms with Gasteiger partial charge in [0.2, 0.25) is 0 Å². The zero-order chi connectivity index (χ0) is 40.8.